The molecule has 0 spiro atoms. The number of nitrogens with zero attached hydrogens (tertiary/aromatic N) is 2. The summed E-state index contributed by atoms with van der Waals surface area (Å²) >= 11 is 0. The first-order valence-electron chi connectivity index (χ1n) is 7.92. The second-order valence-corrected chi connectivity index (χ2v) is 5.82. The van der Waals surface area contributed by atoms with Gasteiger partial charge in [-0.3, -0.25) is 14.6 Å². The third-order valence-electron chi connectivity index (χ3n) is 3.66. The highest BCUT2D eigenvalue weighted by atomic mass is 16.5. The average Bonchev–Trinajstić information content (AvgIpc) is 2.92. The molecule has 0 radical (unpaired) electrons. The smallest absolute Gasteiger partial charge is 0.313 e. The number of aromatic nitrogens is 2. The fourth-order valence-corrected chi connectivity index (χ4v) is 2.34. The van der Waals surface area contributed by atoms with Gasteiger partial charge in [-0.1, -0.05) is 32.0 Å². The van der Waals surface area contributed by atoms with Gasteiger partial charge >= 0.3 is 11.8 Å². The molecule has 2 heterocycles. The second kappa shape index (κ2) is 7.72. The molecule has 0 aliphatic carbocycles. The molecule has 0 saturated carbocycles. The molecule has 1 atom stereocenters. The van der Waals surface area contributed by atoms with Crippen molar-refractivity contribution in [2.24, 2.45) is 5.92 Å². The lowest BCUT2D eigenvalue weighted by Crippen LogP contribution is -2.40. The number of hydrogen-bond acceptors (Lipinski definition) is 5. The molecule has 0 bridgehead atoms. The van der Waals surface area contributed by atoms with Gasteiger partial charge in [0.15, 0.2) is 5.76 Å². The number of amides is 2. The number of hydrogen-bond donors (Lipinski definition) is 2. The fraction of sp³-hybridized carbons (Fsp3) is 0.412. The van der Waals surface area contributed by atoms with Crippen LogP contribution < -0.4 is 10.6 Å². The van der Waals surface area contributed by atoms with Crippen LogP contribution in [0.5, 0.6) is 0 Å². The number of carbonyl (C=O) groups excluding carboxylic acids is 2. The lowest BCUT2D eigenvalue weighted by atomic mass is 10.0. The largest absolute Gasteiger partial charge is 0.359 e. The van der Waals surface area contributed by atoms with Crippen LogP contribution in [0.1, 0.15) is 44.0 Å². The van der Waals surface area contributed by atoms with E-state index in [4.69, 9.17) is 4.52 Å². The first-order chi connectivity index (χ1) is 11.4. The van der Waals surface area contributed by atoms with Gasteiger partial charge in [-0.05, 0) is 25.0 Å². The highest BCUT2D eigenvalue weighted by Crippen LogP contribution is 2.21. The van der Waals surface area contributed by atoms with E-state index in [1.54, 1.807) is 19.2 Å². The van der Waals surface area contributed by atoms with Gasteiger partial charge in [0, 0.05) is 12.6 Å². The van der Waals surface area contributed by atoms with E-state index in [9.17, 15) is 9.59 Å². The van der Waals surface area contributed by atoms with E-state index < -0.39 is 11.8 Å². The first kappa shape index (κ1) is 17.7. The molecule has 2 aromatic heterocycles. The number of pyridine rings is 1. The third kappa shape index (κ3) is 3.98. The van der Waals surface area contributed by atoms with Gasteiger partial charge in [-0.25, -0.2) is 0 Å². The quantitative estimate of drug-likeness (QED) is 0.821. The van der Waals surface area contributed by atoms with Crippen molar-refractivity contribution in [3.8, 4) is 0 Å². The molecule has 7 nitrogen and oxygen atoms in total. The maximum absolute atomic E-state index is 12.3. The zero-order valence-electron chi connectivity index (χ0n) is 14.3. The minimum atomic E-state index is -0.752. The van der Waals surface area contributed by atoms with Crippen molar-refractivity contribution in [2.45, 2.75) is 40.2 Å². The van der Waals surface area contributed by atoms with Crippen LogP contribution in [0.4, 0.5) is 5.69 Å². The summed E-state index contributed by atoms with van der Waals surface area (Å²) in [6.45, 7) is 7.50. The van der Waals surface area contributed by atoms with E-state index in [2.05, 4.69) is 20.8 Å². The van der Waals surface area contributed by atoms with Gasteiger partial charge in [-0.2, -0.15) is 0 Å². The molecule has 7 heteroatoms. The maximum Gasteiger partial charge on any atom is 0.313 e. The van der Waals surface area contributed by atoms with Crippen molar-refractivity contribution < 1.29 is 14.1 Å². The number of nitrogens with one attached hydrogen (secondary N) is 2. The summed E-state index contributed by atoms with van der Waals surface area (Å²) in [6, 6.07) is 5.12. The van der Waals surface area contributed by atoms with E-state index in [0.29, 0.717) is 29.3 Å². The summed E-state index contributed by atoms with van der Waals surface area (Å²) in [4.78, 5) is 28.7. The number of carbonyl (C=O) groups is 2. The molecule has 0 aliphatic rings. The minimum absolute atomic E-state index is 0.0835. The molecule has 24 heavy (non-hydrogen) atoms. The normalized spacial score (nSPS) is 12.0. The van der Waals surface area contributed by atoms with Gasteiger partial charge < -0.3 is 15.2 Å². The predicted molar refractivity (Wildman–Crippen MR) is 89.2 cm³/mol. The predicted octanol–water partition coefficient (Wildman–Crippen LogP) is 2.39. The molecular formula is C17H22N4O3. The van der Waals surface area contributed by atoms with E-state index in [0.717, 1.165) is 0 Å². The zero-order chi connectivity index (χ0) is 17.7. The van der Waals surface area contributed by atoms with E-state index >= 15 is 0 Å². The van der Waals surface area contributed by atoms with Crippen LogP contribution in [0.25, 0.3) is 0 Å². The second-order valence-electron chi connectivity index (χ2n) is 5.82. The first-order valence-corrected chi connectivity index (χ1v) is 7.92. The minimum Gasteiger partial charge on any atom is -0.359 e. The summed E-state index contributed by atoms with van der Waals surface area (Å²) in [7, 11) is 0. The van der Waals surface area contributed by atoms with E-state index in [1.807, 2.05) is 32.9 Å². The Kier molecular flexibility index (Phi) is 5.68. The molecule has 0 aromatic carbocycles. The Morgan fingerprint density at radius 3 is 2.58 bits per heavy atom. The summed E-state index contributed by atoms with van der Waals surface area (Å²) in [5.74, 6) is -0.849. The van der Waals surface area contributed by atoms with Crippen LogP contribution in [-0.2, 0) is 16.0 Å². The molecule has 2 aromatic rings. The molecule has 2 amide bonds. The van der Waals surface area contributed by atoms with Gasteiger partial charge in [-0.15, -0.1) is 0 Å². The topological polar surface area (TPSA) is 97.1 Å². The Labute approximate surface area is 140 Å². The van der Waals surface area contributed by atoms with Gasteiger partial charge in [0.2, 0.25) is 0 Å². The van der Waals surface area contributed by atoms with Gasteiger partial charge in [0.25, 0.3) is 0 Å². The number of rotatable bonds is 5. The van der Waals surface area contributed by atoms with Crippen LogP contribution >= 0.6 is 0 Å². The Morgan fingerprint density at radius 2 is 2.00 bits per heavy atom. The molecule has 2 rings (SSSR count). The SMILES string of the molecule is CCc1onc(C)c1NC(=O)C(=O)N[C@H](c1ccccn1)C(C)C. The molecule has 0 unspecified atom stereocenters. The van der Waals surface area contributed by atoms with Crippen molar-refractivity contribution in [3.05, 3.63) is 41.5 Å². The van der Waals surface area contributed by atoms with Gasteiger partial charge in [0.05, 0.1) is 11.7 Å². The van der Waals surface area contributed by atoms with Crippen molar-refractivity contribution in [1.29, 1.82) is 0 Å². The maximum atomic E-state index is 12.3. The standard InChI is InChI=1S/C17H22N4O3/c1-5-13-15(11(4)21-24-13)20-17(23)16(22)19-14(10(2)3)12-8-6-7-9-18-12/h6-10,14H,5H2,1-4H3,(H,19,22)(H,20,23)/t14-/m0/s1. The Bertz CT molecular complexity index is 710. The number of aryl methyl sites for hydroxylation is 2. The van der Waals surface area contributed by atoms with Crippen molar-refractivity contribution in [2.75, 3.05) is 5.32 Å². The Morgan fingerprint density at radius 1 is 1.25 bits per heavy atom. The lowest BCUT2D eigenvalue weighted by molar-refractivity contribution is -0.136. The van der Waals surface area contributed by atoms with Crippen molar-refractivity contribution >= 4 is 17.5 Å². The fourth-order valence-electron chi connectivity index (χ4n) is 2.34. The van der Waals surface area contributed by atoms with Crippen LogP contribution in [0.2, 0.25) is 0 Å². The molecule has 2 N–H and O–H groups in total. The van der Waals surface area contributed by atoms with Gasteiger partial charge in [0.1, 0.15) is 11.4 Å². The monoisotopic (exact) mass is 330 g/mol. The summed E-state index contributed by atoms with van der Waals surface area (Å²) in [5, 5.41) is 9.12. The average molecular weight is 330 g/mol. The molecule has 0 fully saturated rings. The Balaban J connectivity index is 2.10. The summed E-state index contributed by atoms with van der Waals surface area (Å²) < 4.78 is 5.11. The van der Waals surface area contributed by atoms with Crippen molar-refractivity contribution in [3.63, 3.8) is 0 Å². The van der Waals surface area contributed by atoms with E-state index in [1.165, 1.54) is 0 Å². The Hall–Kier alpha value is -2.70. The summed E-state index contributed by atoms with van der Waals surface area (Å²) in [5.41, 5.74) is 1.71. The van der Waals surface area contributed by atoms with Crippen LogP contribution in [-0.4, -0.2) is 22.0 Å². The van der Waals surface area contributed by atoms with Crippen LogP contribution in [0.15, 0.2) is 28.9 Å². The molecular weight excluding hydrogens is 308 g/mol. The van der Waals surface area contributed by atoms with Crippen molar-refractivity contribution in [1.82, 2.24) is 15.5 Å². The molecule has 0 aliphatic heterocycles. The summed E-state index contributed by atoms with van der Waals surface area (Å²) in [6.07, 6.45) is 2.23. The zero-order valence-corrected chi connectivity index (χ0v) is 14.3. The highest BCUT2D eigenvalue weighted by Gasteiger charge is 2.25. The molecule has 0 saturated heterocycles. The van der Waals surface area contributed by atoms with Crippen LogP contribution in [0.3, 0.4) is 0 Å². The lowest BCUT2D eigenvalue weighted by Gasteiger charge is -2.21. The highest BCUT2D eigenvalue weighted by molar-refractivity contribution is 6.39. The van der Waals surface area contributed by atoms with E-state index in [-0.39, 0.29) is 12.0 Å². The molecule has 128 valence electrons. The third-order valence-corrected chi connectivity index (χ3v) is 3.66. The van der Waals surface area contributed by atoms with Crippen LogP contribution in [0, 0.1) is 12.8 Å². The number of anilines is 1.